The Labute approximate surface area is 84.2 Å². The quantitative estimate of drug-likeness (QED) is 0.633. The fraction of sp³-hybridized carbons (Fsp3) is 0.500. The molecule has 4 nitrogen and oxygen atoms in total. The van der Waals surface area contributed by atoms with E-state index in [4.69, 9.17) is 10.8 Å². The molecule has 0 aliphatic heterocycles. The molecule has 0 aromatic carbocycles. The molecular weight excluding hydrogens is 178 g/mol. The van der Waals surface area contributed by atoms with Crippen molar-refractivity contribution in [3.05, 3.63) is 23.4 Å². The fourth-order valence-electron chi connectivity index (χ4n) is 1.25. The molecule has 14 heavy (non-hydrogen) atoms. The van der Waals surface area contributed by atoms with Gasteiger partial charge in [-0.25, -0.2) is 4.98 Å². The molecule has 1 aromatic heterocycles. The van der Waals surface area contributed by atoms with Gasteiger partial charge < -0.3 is 16.2 Å². The standard InChI is InChI=1S/C10H17N3O/c1-6-4-9(7(2)11)5-10(12-6)13-8(3)14/h4-5,7-8,14H,11H2,1-3H3,(H,12,13)/t7?,8-/m1/s1. The van der Waals surface area contributed by atoms with Crippen LogP contribution in [0.3, 0.4) is 0 Å². The van der Waals surface area contributed by atoms with Gasteiger partial charge in [0.05, 0.1) is 0 Å². The van der Waals surface area contributed by atoms with Crippen molar-refractivity contribution in [3.63, 3.8) is 0 Å². The van der Waals surface area contributed by atoms with Gasteiger partial charge in [-0.05, 0) is 38.5 Å². The van der Waals surface area contributed by atoms with E-state index in [0.717, 1.165) is 11.3 Å². The summed E-state index contributed by atoms with van der Waals surface area (Å²) >= 11 is 0. The number of rotatable bonds is 3. The van der Waals surface area contributed by atoms with Crippen molar-refractivity contribution in [3.8, 4) is 0 Å². The lowest BCUT2D eigenvalue weighted by Crippen LogP contribution is -2.15. The number of nitrogens with one attached hydrogen (secondary N) is 1. The Balaban J connectivity index is 2.95. The maximum atomic E-state index is 9.14. The van der Waals surface area contributed by atoms with Crippen LogP contribution in [0.4, 0.5) is 5.82 Å². The molecule has 2 atom stereocenters. The number of aliphatic hydroxyl groups excluding tert-OH is 1. The molecule has 0 spiro atoms. The van der Waals surface area contributed by atoms with Crippen LogP contribution in [0.1, 0.15) is 31.1 Å². The first kappa shape index (κ1) is 10.9. The first-order chi connectivity index (χ1) is 6.49. The second kappa shape index (κ2) is 4.39. The minimum absolute atomic E-state index is 0.0220. The van der Waals surface area contributed by atoms with Gasteiger partial charge in [-0.1, -0.05) is 0 Å². The number of hydrogen-bond acceptors (Lipinski definition) is 4. The molecule has 0 fully saturated rings. The molecule has 0 bridgehead atoms. The van der Waals surface area contributed by atoms with Crippen LogP contribution in [0.25, 0.3) is 0 Å². The van der Waals surface area contributed by atoms with Crippen LogP contribution >= 0.6 is 0 Å². The molecule has 4 heteroatoms. The van der Waals surface area contributed by atoms with Crippen molar-refractivity contribution in [2.75, 3.05) is 5.32 Å². The first-order valence-corrected chi connectivity index (χ1v) is 4.68. The molecule has 78 valence electrons. The Hall–Kier alpha value is -1.13. The maximum Gasteiger partial charge on any atom is 0.128 e. The number of aliphatic hydroxyl groups is 1. The van der Waals surface area contributed by atoms with Crippen molar-refractivity contribution in [2.24, 2.45) is 5.73 Å². The molecule has 1 aromatic rings. The number of nitrogens with two attached hydrogens (primary N) is 1. The highest BCUT2D eigenvalue weighted by Gasteiger charge is 2.04. The van der Waals surface area contributed by atoms with Crippen molar-refractivity contribution in [2.45, 2.75) is 33.0 Å². The summed E-state index contributed by atoms with van der Waals surface area (Å²) in [6.07, 6.45) is -0.606. The highest BCUT2D eigenvalue weighted by Crippen LogP contribution is 2.15. The molecule has 0 saturated carbocycles. The van der Waals surface area contributed by atoms with Gasteiger partial charge >= 0.3 is 0 Å². The zero-order chi connectivity index (χ0) is 10.7. The molecule has 0 radical (unpaired) electrons. The zero-order valence-electron chi connectivity index (χ0n) is 8.78. The molecule has 0 aliphatic rings. The van der Waals surface area contributed by atoms with Gasteiger partial charge in [0.1, 0.15) is 12.0 Å². The maximum absolute atomic E-state index is 9.14. The normalized spacial score (nSPS) is 14.9. The van der Waals surface area contributed by atoms with Crippen LogP contribution in [-0.2, 0) is 0 Å². The monoisotopic (exact) mass is 195 g/mol. The predicted octanol–water partition coefficient (Wildman–Crippen LogP) is 1.16. The van der Waals surface area contributed by atoms with Crippen LogP contribution in [-0.4, -0.2) is 16.3 Å². The summed E-state index contributed by atoms with van der Waals surface area (Å²) < 4.78 is 0. The Morgan fingerprint density at radius 2 is 2.07 bits per heavy atom. The summed E-state index contributed by atoms with van der Waals surface area (Å²) in [4.78, 5) is 4.23. The van der Waals surface area contributed by atoms with Gasteiger partial charge in [-0.15, -0.1) is 0 Å². The predicted molar refractivity (Wildman–Crippen MR) is 56.9 cm³/mol. The van der Waals surface area contributed by atoms with Crippen molar-refractivity contribution in [1.29, 1.82) is 0 Å². The average Bonchev–Trinajstić information content (AvgIpc) is 2.01. The second-order valence-electron chi connectivity index (χ2n) is 3.54. The minimum Gasteiger partial charge on any atom is -0.374 e. The summed E-state index contributed by atoms with van der Waals surface area (Å²) in [7, 11) is 0. The lowest BCUT2D eigenvalue weighted by Gasteiger charge is -2.12. The summed E-state index contributed by atoms with van der Waals surface area (Å²) in [5.74, 6) is 0.660. The lowest BCUT2D eigenvalue weighted by molar-refractivity contribution is 0.224. The molecule has 0 aliphatic carbocycles. The van der Waals surface area contributed by atoms with E-state index in [-0.39, 0.29) is 6.04 Å². The van der Waals surface area contributed by atoms with E-state index in [0.29, 0.717) is 5.82 Å². The molecular formula is C10H17N3O. The van der Waals surface area contributed by atoms with Crippen molar-refractivity contribution >= 4 is 5.82 Å². The van der Waals surface area contributed by atoms with Gasteiger partial charge in [0.2, 0.25) is 0 Å². The van der Waals surface area contributed by atoms with E-state index in [2.05, 4.69) is 10.3 Å². The minimum atomic E-state index is -0.606. The second-order valence-corrected chi connectivity index (χ2v) is 3.54. The highest BCUT2D eigenvalue weighted by atomic mass is 16.3. The van der Waals surface area contributed by atoms with Crippen molar-refractivity contribution in [1.82, 2.24) is 4.98 Å². The fourth-order valence-corrected chi connectivity index (χ4v) is 1.25. The highest BCUT2D eigenvalue weighted by molar-refractivity contribution is 5.40. The van der Waals surface area contributed by atoms with E-state index in [9.17, 15) is 0 Å². The third kappa shape index (κ3) is 2.97. The number of aryl methyl sites for hydroxylation is 1. The van der Waals surface area contributed by atoms with Gasteiger partial charge in [0, 0.05) is 11.7 Å². The van der Waals surface area contributed by atoms with Gasteiger partial charge in [-0.2, -0.15) is 0 Å². The summed E-state index contributed by atoms with van der Waals surface area (Å²) in [5.41, 5.74) is 7.67. The summed E-state index contributed by atoms with van der Waals surface area (Å²) in [6.45, 7) is 5.47. The number of nitrogens with zero attached hydrogens (tertiary/aromatic N) is 1. The molecule has 0 saturated heterocycles. The Morgan fingerprint density at radius 3 is 2.57 bits per heavy atom. The topological polar surface area (TPSA) is 71.2 Å². The van der Waals surface area contributed by atoms with E-state index < -0.39 is 6.23 Å². The van der Waals surface area contributed by atoms with Gasteiger partial charge in [0.25, 0.3) is 0 Å². The summed E-state index contributed by atoms with van der Waals surface area (Å²) in [6, 6.07) is 3.77. The van der Waals surface area contributed by atoms with Gasteiger partial charge in [0.15, 0.2) is 0 Å². The van der Waals surface area contributed by atoms with Crippen LogP contribution in [0.15, 0.2) is 12.1 Å². The van der Waals surface area contributed by atoms with Crippen LogP contribution < -0.4 is 11.1 Å². The Bertz CT molecular complexity index is 310. The SMILES string of the molecule is Cc1cc(C(C)N)cc(N[C@@H](C)O)n1. The number of hydrogen-bond donors (Lipinski definition) is 3. The molecule has 4 N–H and O–H groups in total. The zero-order valence-corrected chi connectivity index (χ0v) is 8.78. The third-order valence-electron chi connectivity index (χ3n) is 1.86. The van der Waals surface area contributed by atoms with E-state index >= 15 is 0 Å². The van der Waals surface area contributed by atoms with Crippen LogP contribution in [0, 0.1) is 6.92 Å². The van der Waals surface area contributed by atoms with E-state index in [1.807, 2.05) is 26.0 Å². The van der Waals surface area contributed by atoms with E-state index in [1.54, 1.807) is 6.92 Å². The summed E-state index contributed by atoms with van der Waals surface area (Å²) in [5, 5.41) is 12.0. The average molecular weight is 195 g/mol. The molecule has 1 heterocycles. The van der Waals surface area contributed by atoms with Crippen LogP contribution in [0.2, 0.25) is 0 Å². The number of anilines is 1. The van der Waals surface area contributed by atoms with Crippen molar-refractivity contribution < 1.29 is 5.11 Å². The smallest absolute Gasteiger partial charge is 0.128 e. The largest absolute Gasteiger partial charge is 0.374 e. The molecule has 1 unspecified atom stereocenters. The first-order valence-electron chi connectivity index (χ1n) is 4.68. The van der Waals surface area contributed by atoms with Crippen LogP contribution in [0.5, 0.6) is 0 Å². The lowest BCUT2D eigenvalue weighted by atomic mass is 10.1. The third-order valence-corrected chi connectivity index (χ3v) is 1.86. The van der Waals surface area contributed by atoms with Gasteiger partial charge in [-0.3, -0.25) is 0 Å². The number of pyridine rings is 1. The molecule has 0 amide bonds. The van der Waals surface area contributed by atoms with E-state index in [1.165, 1.54) is 0 Å². The molecule has 1 rings (SSSR count). The Morgan fingerprint density at radius 1 is 1.43 bits per heavy atom. The number of aromatic nitrogens is 1. The Kier molecular flexibility index (Phi) is 3.43.